The molecule has 1 heterocycles. The van der Waals surface area contributed by atoms with Gasteiger partial charge < -0.3 is 4.74 Å². The Kier molecular flexibility index (Phi) is 1.89. The lowest BCUT2D eigenvalue weighted by molar-refractivity contribution is 0.410. The normalized spacial score (nSPS) is 13.2. The van der Waals surface area contributed by atoms with Gasteiger partial charge in [-0.25, -0.2) is 0 Å². The summed E-state index contributed by atoms with van der Waals surface area (Å²) in [5.74, 6) is 0.922. The summed E-state index contributed by atoms with van der Waals surface area (Å²) in [6.07, 6.45) is 1.88. The first-order valence-corrected chi connectivity index (χ1v) is 4.47. The molecule has 0 unspecified atom stereocenters. The Morgan fingerprint density at radius 1 is 1.50 bits per heavy atom. The molecule has 0 saturated carbocycles. The minimum atomic E-state index is 0.734. The van der Waals surface area contributed by atoms with Crippen LogP contribution >= 0.6 is 15.9 Å². The average Bonchev–Trinajstić information content (AvgIpc) is 2.54. The highest BCUT2D eigenvalue weighted by molar-refractivity contribution is 9.10. The molecule has 0 amide bonds. The third-order valence-electron chi connectivity index (χ3n) is 1.95. The number of rotatable bonds is 1. The summed E-state index contributed by atoms with van der Waals surface area (Å²) in [4.78, 5) is 4.19. The van der Waals surface area contributed by atoms with Gasteiger partial charge in [-0.05, 0) is 12.1 Å². The molecular formula is C9H8BrNO. The van der Waals surface area contributed by atoms with Crippen molar-refractivity contribution in [3.63, 3.8) is 0 Å². The van der Waals surface area contributed by atoms with Gasteiger partial charge in [0, 0.05) is 21.8 Å². The molecule has 0 bridgehead atoms. The van der Waals surface area contributed by atoms with E-state index in [0.717, 1.165) is 22.3 Å². The van der Waals surface area contributed by atoms with Crippen molar-refractivity contribution in [1.82, 2.24) is 0 Å². The van der Waals surface area contributed by atoms with Gasteiger partial charge in [-0.15, -0.1) is 0 Å². The number of halogens is 1. The van der Waals surface area contributed by atoms with Crippen LogP contribution in [0.2, 0.25) is 0 Å². The quantitative estimate of drug-likeness (QED) is 0.720. The first-order valence-electron chi connectivity index (χ1n) is 3.68. The number of nitrogens with zero attached hydrogens (tertiary/aromatic N) is 1. The summed E-state index contributed by atoms with van der Waals surface area (Å²) in [6.45, 7) is 0.734. The van der Waals surface area contributed by atoms with Gasteiger partial charge in [0.2, 0.25) is 0 Å². The van der Waals surface area contributed by atoms with Crippen LogP contribution in [-0.2, 0) is 6.54 Å². The second-order valence-electron chi connectivity index (χ2n) is 2.61. The van der Waals surface area contributed by atoms with Crippen LogP contribution in [0.1, 0.15) is 11.1 Å². The minimum absolute atomic E-state index is 0.734. The third kappa shape index (κ3) is 1.05. The summed E-state index contributed by atoms with van der Waals surface area (Å²) in [7, 11) is 1.68. The molecule has 1 aliphatic heterocycles. The Bertz CT molecular complexity index is 347. The molecule has 0 aliphatic carbocycles. The molecule has 2 rings (SSSR count). The average molecular weight is 226 g/mol. The summed E-state index contributed by atoms with van der Waals surface area (Å²) >= 11 is 3.46. The van der Waals surface area contributed by atoms with E-state index in [0.29, 0.717) is 0 Å². The lowest BCUT2D eigenvalue weighted by Gasteiger charge is -2.06. The molecule has 1 aliphatic rings. The van der Waals surface area contributed by atoms with E-state index in [2.05, 4.69) is 20.9 Å². The molecule has 0 atom stereocenters. The van der Waals surface area contributed by atoms with Crippen molar-refractivity contribution in [2.75, 3.05) is 7.11 Å². The van der Waals surface area contributed by atoms with E-state index < -0.39 is 0 Å². The van der Waals surface area contributed by atoms with E-state index in [9.17, 15) is 0 Å². The molecule has 0 radical (unpaired) electrons. The maximum absolute atomic E-state index is 5.21. The van der Waals surface area contributed by atoms with Crippen molar-refractivity contribution in [3.05, 3.63) is 27.7 Å². The Hall–Kier alpha value is -0.830. The zero-order valence-electron chi connectivity index (χ0n) is 6.67. The molecule has 12 heavy (non-hydrogen) atoms. The van der Waals surface area contributed by atoms with Gasteiger partial charge >= 0.3 is 0 Å². The van der Waals surface area contributed by atoms with Crippen molar-refractivity contribution < 1.29 is 4.74 Å². The van der Waals surface area contributed by atoms with Crippen LogP contribution in [-0.4, -0.2) is 13.3 Å². The number of fused-ring (bicyclic) bond motifs is 1. The highest BCUT2D eigenvalue weighted by Gasteiger charge is 2.14. The highest BCUT2D eigenvalue weighted by Crippen LogP contribution is 2.31. The number of hydrogen-bond acceptors (Lipinski definition) is 2. The van der Waals surface area contributed by atoms with Crippen molar-refractivity contribution in [2.45, 2.75) is 6.54 Å². The van der Waals surface area contributed by atoms with Crippen LogP contribution in [0.15, 0.2) is 21.6 Å². The lowest BCUT2D eigenvalue weighted by atomic mass is 10.1. The van der Waals surface area contributed by atoms with E-state index in [1.54, 1.807) is 7.11 Å². The predicted molar refractivity (Wildman–Crippen MR) is 52.0 cm³/mol. The van der Waals surface area contributed by atoms with E-state index in [1.165, 1.54) is 5.56 Å². The van der Waals surface area contributed by atoms with Crippen LogP contribution in [0.25, 0.3) is 0 Å². The molecule has 1 aromatic rings. The molecule has 1 aromatic carbocycles. The monoisotopic (exact) mass is 225 g/mol. The van der Waals surface area contributed by atoms with Crippen LogP contribution in [0.3, 0.4) is 0 Å². The summed E-state index contributed by atoms with van der Waals surface area (Å²) in [6, 6.07) is 3.94. The Morgan fingerprint density at radius 2 is 2.33 bits per heavy atom. The van der Waals surface area contributed by atoms with Gasteiger partial charge in [-0.2, -0.15) is 0 Å². The first-order chi connectivity index (χ1) is 5.83. The fraction of sp³-hybridized carbons (Fsp3) is 0.222. The predicted octanol–water partition coefficient (Wildman–Crippen LogP) is 2.39. The van der Waals surface area contributed by atoms with Crippen LogP contribution in [0, 0.1) is 0 Å². The minimum Gasteiger partial charge on any atom is -0.496 e. The van der Waals surface area contributed by atoms with Crippen molar-refractivity contribution in [1.29, 1.82) is 0 Å². The molecule has 0 N–H and O–H groups in total. The molecule has 0 saturated heterocycles. The Morgan fingerprint density at radius 3 is 3.08 bits per heavy atom. The SMILES string of the molecule is COc1ccc(Br)c2c1CN=C2. The smallest absolute Gasteiger partial charge is 0.124 e. The Balaban J connectivity index is 2.61. The van der Waals surface area contributed by atoms with Crippen LogP contribution < -0.4 is 4.74 Å². The van der Waals surface area contributed by atoms with Crippen molar-refractivity contribution in [3.8, 4) is 5.75 Å². The van der Waals surface area contributed by atoms with Gasteiger partial charge in [0.1, 0.15) is 5.75 Å². The number of methoxy groups -OCH3 is 1. The van der Waals surface area contributed by atoms with Gasteiger partial charge in [0.25, 0.3) is 0 Å². The molecule has 0 aromatic heterocycles. The zero-order valence-corrected chi connectivity index (χ0v) is 8.26. The highest BCUT2D eigenvalue weighted by atomic mass is 79.9. The van der Waals surface area contributed by atoms with Crippen LogP contribution in [0.4, 0.5) is 0 Å². The number of hydrogen-bond donors (Lipinski definition) is 0. The lowest BCUT2D eigenvalue weighted by Crippen LogP contribution is -1.92. The fourth-order valence-corrected chi connectivity index (χ4v) is 1.81. The Labute approximate surface area is 79.4 Å². The molecular weight excluding hydrogens is 218 g/mol. The largest absolute Gasteiger partial charge is 0.496 e. The molecule has 2 nitrogen and oxygen atoms in total. The van der Waals surface area contributed by atoms with E-state index in [1.807, 2.05) is 18.3 Å². The number of aliphatic imine (C=N–C) groups is 1. The maximum atomic E-state index is 5.21. The molecule has 0 spiro atoms. The molecule has 0 fully saturated rings. The topological polar surface area (TPSA) is 21.6 Å². The second kappa shape index (κ2) is 2.90. The van der Waals surface area contributed by atoms with Gasteiger partial charge in [0.15, 0.2) is 0 Å². The maximum Gasteiger partial charge on any atom is 0.124 e. The van der Waals surface area contributed by atoms with E-state index in [-0.39, 0.29) is 0 Å². The number of benzene rings is 1. The second-order valence-corrected chi connectivity index (χ2v) is 3.47. The molecule has 62 valence electrons. The van der Waals surface area contributed by atoms with Crippen LogP contribution in [0.5, 0.6) is 5.75 Å². The van der Waals surface area contributed by atoms with Gasteiger partial charge in [-0.3, -0.25) is 4.99 Å². The first kappa shape index (κ1) is 7.80. The summed E-state index contributed by atoms with van der Waals surface area (Å²) in [5.41, 5.74) is 2.32. The van der Waals surface area contributed by atoms with Crippen molar-refractivity contribution >= 4 is 22.1 Å². The zero-order chi connectivity index (χ0) is 8.55. The summed E-state index contributed by atoms with van der Waals surface area (Å²) < 4.78 is 6.29. The standard InChI is InChI=1S/C9H8BrNO/c1-12-9-3-2-8(10)6-4-11-5-7(6)9/h2-4H,5H2,1H3. The van der Waals surface area contributed by atoms with Crippen molar-refractivity contribution in [2.24, 2.45) is 4.99 Å². The summed E-state index contributed by atoms with van der Waals surface area (Å²) in [5, 5.41) is 0. The molecule has 3 heteroatoms. The van der Waals surface area contributed by atoms with Gasteiger partial charge in [0.05, 0.1) is 13.7 Å². The van der Waals surface area contributed by atoms with E-state index in [4.69, 9.17) is 4.74 Å². The van der Waals surface area contributed by atoms with E-state index >= 15 is 0 Å². The fourth-order valence-electron chi connectivity index (χ4n) is 1.34. The van der Waals surface area contributed by atoms with Gasteiger partial charge in [-0.1, -0.05) is 15.9 Å². The third-order valence-corrected chi connectivity index (χ3v) is 2.64. The number of ether oxygens (including phenoxy) is 1.